The first kappa shape index (κ1) is 11.8. The molecular formula is C13H19NO4. The van der Waals surface area contributed by atoms with E-state index >= 15 is 0 Å². The Morgan fingerprint density at radius 2 is 1.67 bits per heavy atom. The zero-order chi connectivity index (χ0) is 13.2. The first-order valence-electron chi connectivity index (χ1n) is 6.55. The largest absolute Gasteiger partial charge is 0.481 e. The lowest BCUT2D eigenvalue weighted by atomic mass is 10.0. The van der Waals surface area contributed by atoms with Crippen LogP contribution in [0.5, 0.6) is 0 Å². The van der Waals surface area contributed by atoms with Crippen LogP contribution in [-0.4, -0.2) is 39.8 Å². The summed E-state index contributed by atoms with van der Waals surface area (Å²) in [6.07, 6.45) is 1.58. The number of aliphatic carboxylic acids is 1. The van der Waals surface area contributed by atoms with Crippen molar-refractivity contribution in [2.24, 2.45) is 17.8 Å². The molecule has 5 nitrogen and oxygen atoms in total. The smallest absolute Gasteiger partial charge is 0.410 e. The lowest BCUT2D eigenvalue weighted by molar-refractivity contribution is -0.139. The number of fused-ring (bicyclic) bond motifs is 5. The average molecular weight is 253 g/mol. The molecule has 3 rings (SSSR count). The number of piperidine rings is 1. The van der Waals surface area contributed by atoms with Gasteiger partial charge in [0.15, 0.2) is 0 Å². The van der Waals surface area contributed by atoms with E-state index in [1.54, 1.807) is 4.90 Å². The highest BCUT2D eigenvalue weighted by atomic mass is 16.6. The number of hydrogen-bond acceptors (Lipinski definition) is 3. The van der Waals surface area contributed by atoms with Crippen LogP contribution >= 0.6 is 0 Å². The van der Waals surface area contributed by atoms with Gasteiger partial charge in [0.05, 0.1) is 5.92 Å². The van der Waals surface area contributed by atoms with E-state index in [9.17, 15) is 9.59 Å². The van der Waals surface area contributed by atoms with Crippen molar-refractivity contribution in [3.8, 4) is 0 Å². The molecule has 2 aliphatic heterocycles. The summed E-state index contributed by atoms with van der Waals surface area (Å²) >= 11 is 0. The van der Waals surface area contributed by atoms with Gasteiger partial charge in [0.25, 0.3) is 0 Å². The molecule has 3 fully saturated rings. The highest BCUT2D eigenvalue weighted by Crippen LogP contribution is 2.64. The van der Waals surface area contributed by atoms with E-state index in [-0.39, 0.29) is 35.9 Å². The third-order valence-corrected chi connectivity index (χ3v) is 4.38. The number of carboxylic acids is 1. The Labute approximate surface area is 106 Å². The molecule has 1 aliphatic carbocycles. The predicted octanol–water partition coefficient (Wildman–Crippen LogP) is 1.71. The molecule has 2 heterocycles. The molecule has 5 atom stereocenters. The number of nitrogens with zero attached hydrogens (tertiary/aromatic N) is 1. The number of amides is 1. The van der Waals surface area contributed by atoms with Gasteiger partial charge in [-0.25, -0.2) is 4.79 Å². The van der Waals surface area contributed by atoms with Gasteiger partial charge in [-0.1, -0.05) is 0 Å². The van der Waals surface area contributed by atoms with Gasteiger partial charge in [0.2, 0.25) is 0 Å². The highest BCUT2D eigenvalue weighted by Gasteiger charge is 2.72. The predicted molar refractivity (Wildman–Crippen MR) is 63.0 cm³/mol. The van der Waals surface area contributed by atoms with Gasteiger partial charge >= 0.3 is 12.1 Å². The maximum Gasteiger partial charge on any atom is 0.410 e. The second-order valence-corrected chi connectivity index (χ2v) is 6.62. The quantitative estimate of drug-likeness (QED) is 0.772. The fraction of sp³-hybridized carbons (Fsp3) is 0.846. The number of hydrogen-bond donors (Lipinski definition) is 1. The fourth-order valence-electron chi connectivity index (χ4n) is 3.89. The summed E-state index contributed by atoms with van der Waals surface area (Å²) in [7, 11) is 0. The Hall–Kier alpha value is -1.26. The maximum absolute atomic E-state index is 12.1. The van der Waals surface area contributed by atoms with Crippen molar-refractivity contribution in [3.05, 3.63) is 0 Å². The Morgan fingerprint density at radius 3 is 2.06 bits per heavy atom. The summed E-state index contributed by atoms with van der Waals surface area (Å²) in [6, 6.07) is 0.187. The molecule has 0 aromatic carbocycles. The molecule has 1 N–H and O–H groups in total. The highest BCUT2D eigenvalue weighted by molar-refractivity contribution is 5.78. The molecule has 2 saturated heterocycles. The number of ether oxygens (including phenoxy) is 1. The van der Waals surface area contributed by atoms with Crippen molar-refractivity contribution < 1.29 is 19.4 Å². The Kier molecular flexibility index (Phi) is 2.23. The molecule has 1 saturated carbocycles. The van der Waals surface area contributed by atoms with Crippen molar-refractivity contribution >= 4 is 12.1 Å². The molecule has 0 aromatic heterocycles. The maximum atomic E-state index is 12.1. The minimum Gasteiger partial charge on any atom is -0.481 e. The second kappa shape index (κ2) is 3.39. The standard InChI is InChI=1S/C13H19NO4/c1-13(2,3)18-12(17)14-6-4-5-7(14)9-8(6)10(9)11(15)16/h6-10H,4-5H2,1-3H3,(H,15,16)/t6-,7+,8?,9?,10?. The molecule has 100 valence electrons. The van der Waals surface area contributed by atoms with Crippen LogP contribution in [0.15, 0.2) is 0 Å². The van der Waals surface area contributed by atoms with E-state index in [1.807, 2.05) is 20.8 Å². The Morgan fingerprint density at radius 1 is 1.17 bits per heavy atom. The van der Waals surface area contributed by atoms with E-state index in [4.69, 9.17) is 9.84 Å². The van der Waals surface area contributed by atoms with E-state index in [2.05, 4.69) is 0 Å². The molecule has 1 amide bonds. The molecule has 5 heteroatoms. The Bertz CT molecular complexity index is 396. The third-order valence-electron chi connectivity index (χ3n) is 4.38. The molecular weight excluding hydrogens is 234 g/mol. The van der Waals surface area contributed by atoms with E-state index < -0.39 is 11.6 Å². The third kappa shape index (κ3) is 1.52. The van der Waals surface area contributed by atoms with Crippen LogP contribution < -0.4 is 0 Å². The summed E-state index contributed by atoms with van der Waals surface area (Å²) in [5.41, 5.74) is -0.491. The minimum absolute atomic E-state index is 0.0935. The van der Waals surface area contributed by atoms with Crippen molar-refractivity contribution in [2.45, 2.75) is 51.3 Å². The molecule has 18 heavy (non-hydrogen) atoms. The molecule has 3 unspecified atom stereocenters. The van der Waals surface area contributed by atoms with Crippen LogP contribution in [0.3, 0.4) is 0 Å². The van der Waals surface area contributed by atoms with Crippen LogP contribution in [0.1, 0.15) is 33.6 Å². The Balaban J connectivity index is 1.72. The lowest BCUT2D eigenvalue weighted by Gasteiger charge is -2.29. The molecule has 3 aliphatic rings. The van der Waals surface area contributed by atoms with Crippen molar-refractivity contribution in [1.82, 2.24) is 4.90 Å². The molecule has 0 aromatic rings. The van der Waals surface area contributed by atoms with Crippen LogP contribution in [0, 0.1) is 17.8 Å². The van der Waals surface area contributed by atoms with Crippen molar-refractivity contribution in [2.75, 3.05) is 0 Å². The summed E-state index contributed by atoms with van der Waals surface area (Å²) in [4.78, 5) is 25.0. The number of rotatable bonds is 1. The van der Waals surface area contributed by atoms with Gasteiger partial charge in [0, 0.05) is 12.1 Å². The monoisotopic (exact) mass is 253 g/mol. The first-order valence-corrected chi connectivity index (χ1v) is 6.55. The van der Waals surface area contributed by atoms with Crippen molar-refractivity contribution in [3.63, 3.8) is 0 Å². The topological polar surface area (TPSA) is 66.8 Å². The normalized spacial score (nSPS) is 40.6. The minimum atomic E-state index is -0.703. The summed E-state index contributed by atoms with van der Waals surface area (Å²) < 4.78 is 5.41. The van der Waals surface area contributed by atoms with Crippen LogP contribution in [0.4, 0.5) is 4.79 Å². The molecule has 0 spiro atoms. The van der Waals surface area contributed by atoms with Gasteiger partial charge in [-0.2, -0.15) is 0 Å². The van der Waals surface area contributed by atoms with Crippen molar-refractivity contribution in [1.29, 1.82) is 0 Å². The van der Waals surface area contributed by atoms with Gasteiger partial charge in [-0.05, 0) is 45.4 Å². The summed E-state index contributed by atoms with van der Waals surface area (Å²) in [5.74, 6) is -0.575. The van der Waals surface area contributed by atoms with E-state index in [0.717, 1.165) is 12.8 Å². The summed E-state index contributed by atoms with van der Waals surface area (Å²) in [5, 5.41) is 9.10. The summed E-state index contributed by atoms with van der Waals surface area (Å²) in [6.45, 7) is 5.55. The average Bonchev–Trinajstić information content (AvgIpc) is 2.73. The van der Waals surface area contributed by atoms with Crippen LogP contribution in [-0.2, 0) is 9.53 Å². The SMILES string of the molecule is CC(C)(C)OC(=O)N1[C@@H]2CC[C@H]1C1C(C(=O)O)C12. The van der Waals surface area contributed by atoms with E-state index in [0.29, 0.717) is 0 Å². The van der Waals surface area contributed by atoms with Crippen LogP contribution in [0.2, 0.25) is 0 Å². The first-order chi connectivity index (χ1) is 8.31. The van der Waals surface area contributed by atoms with Gasteiger partial charge in [0.1, 0.15) is 5.60 Å². The van der Waals surface area contributed by atoms with Gasteiger partial charge in [-0.15, -0.1) is 0 Å². The lowest BCUT2D eigenvalue weighted by Crippen LogP contribution is -2.43. The fourth-order valence-corrected chi connectivity index (χ4v) is 3.89. The van der Waals surface area contributed by atoms with Gasteiger partial charge in [-0.3, -0.25) is 4.79 Å². The van der Waals surface area contributed by atoms with Crippen LogP contribution in [0.25, 0.3) is 0 Å². The zero-order valence-corrected chi connectivity index (χ0v) is 10.9. The zero-order valence-electron chi connectivity index (χ0n) is 10.9. The second-order valence-electron chi connectivity index (χ2n) is 6.62. The van der Waals surface area contributed by atoms with Gasteiger partial charge < -0.3 is 14.7 Å². The number of carboxylic acid groups (broad SMARTS) is 1. The van der Waals surface area contributed by atoms with E-state index in [1.165, 1.54) is 0 Å². The molecule has 2 bridgehead atoms. The number of carbonyl (C=O) groups is 2. The number of carbonyl (C=O) groups excluding carboxylic acids is 1. The molecule has 0 radical (unpaired) electrons.